The third kappa shape index (κ3) is 4.75. The minimum Gasteiger partial charge on any atom is -0.503 e. The van der Waals surface area contributed by atoms with Gasteiger partial charge in [-0.1, -0.05) is 47.4 Å². The lowest BCUT2D eigenvalue weighted by atomic mass is 9.95. The zero-order valence-electron chi connectivity index (χ0n) is 18.6. The summed E-state index contributed by atoms with van der Waals surface area (Å²) in [6.07, 6.45) is 0. The molecule has 37 heavy (non-hydrogen) atoms. The molecule has 186 valence electrons. The van der Waals surface area contributed by atoms with Gasteiger partial charge in [0.25, 0.3) is 11.6 Å². The van der Waals surface area contributed by atoms with Crippen LogP contribution in [-0.2, 0) is 10.5 Å². The van der Waals surface area contributed by atoms with Gasteiger partial charge in [-0.25, -0.2) is 4.39 Å². The minimum atomic E-state index is -1.08. The van der Waals surface area contributed by atoms with Crippen molar-refractivity contribution in [2.75, 3.05) is 4.90 Å². The number of nitro benzene ring substituents is 1. The van der Waals surface area contributed by atoms with E-state index >= 15 is 0 Å². The largest absolute Gasteiger partial charge is 0.503 e. The summed E-state index contributed by atoms with van der Waals surface area (Å²) >= 11 is 3.43. The number of hydrogen-bond acceptors (Lipinski definition) is 10. The maximum atomic E-state index is 14.0. The first-order valence-electron chi connectivity index (χ1n) is 10.6. The van der Waals surface area contributed by atoms with Gasteiger partial charge in [-0.2, -0.15) is 0 Å². The number of hydrogen-bond donors (Lipinski definition) is 1. The van der Waals surface area contributed by atoms with Gasteiger partial charge >= 0.3 is 0 Å². The lowest BCUT2D eigenvalue weighted by Gasteiger charge is -2.23. The number of benzene rings is 2. The number of amides is 1. The molecular formula is C24H15FN4O5S3. The molecule has 0 saturated carbocycles. The molecule has 0 aliphatic carbocycles. The quantitative estimate of drug-likeness (QED) is 0.0963. The van der Waals surface area contributed by atoms with E-state index in [4.69, 9.17) is 0 Å². The molecule has 9 nitrogen and oxygen atoms in total. The van der Waals surface area contributed by atoms with E-state index in [-0.39, 0.29) is 28.0 Å². The summed E-state index contributed by atoms with van der Waals surface area (Å²) in [4.78, 5) is 38.6. The van der Waals surface area contributed by atoms with Crippen molar-refractivity contribution in [3.8, 4) is 0 Å². The van der Waals surface area contributed by atoms with Crippen LogP contribution in [0.2, 0.25) is 0 Å². The highest BCUT2D eigenvalue weighted by Crippen LogP contribution is 2.44. The lowest BCUT2D eigenvalue weighted by molar-refractivity contribution is -0.384. The summed E-state index contributed by atoms with van der Waals surface area (Å²) in [5.74, 6) is -2.17. The molecule has 1 atom stereocenters. The van der Waals surface area contributed by atoms with Crippen LogP contribution in [-0.4, -0.2) is 31.9 Å². The number of ketones is 1. The van der Waals surface area contributed by atoms with Crippen molar-refractivity contribution in [2.24, 2.45) is 0 Å². The first-order valence-corrected chi connectivity index (χ1v) is 13.3. The van der Waals surface area contributed by atoms with E-state index in [1.807, 2.05) is 0 Å². The maximum absolute atomic E-state index is 14.0. The number of halogens is 1. The van der Waals surface area contributed by atoms with E-state index in [0.717, 1.165) is 27.6 Å². The SMILES string of the molecule is O=C(C1=C(O)C(=O)N(c2nnc(SCc3ccccc3F)s2)C1c1ccc([N+](=O)[O-])cc1)c1cccs1. The second kappa shape index (κ2) is 10.2. The second-order valence-electron chi connectivity index (χ2n) is 7.73. The average Bonchev–Trinajstić information content (AvgIpc) is 3.64. The zero-order chi connectivity index (χ0) is 26.1. The number of rotatable bonds is 8. The molecule has 0 fully saturated rings. The van der Waals surface area contributed by atoms with E-state index in [0.29, 0.717) is 20.3 Å². The molecule has 2 aromatic carbocycles. The fraction of sp³-hybridized carbons (Fsp3) is 0.0833. The Morgan fingerprint density at radius 3 is 2.57 bits per heavy atom. The summed E-state index contributed by atoms with van der Waals surface area (Å²) in [5.41, 5.74) is 0.533. The number of thiophene rings is 1. The number of anilines is 1. The van der Waals surface area contributed by atoms with Gasteiger partial charge in [-0.15, -0.1) is 21.5 Å². The Kier molecular flexibility index (Phi) is 6.82. The number of nitrogens with zero attached hydrogens (tertiary/aromatic N) is 4. The predicted octanol–water partition coefficient (Wildman–Crippen LogP) is 5.72. The molecule has 0 bridgehead atoms. The number of non-ortho nitro benzene ring substituents is 1. The lowest BCUT2D eigenvalue weighted by Crippen LogP contribution is -2.31. The highest BCUT2D eigenvalue weighted by Gasteiger charge is 2.46. The van der Waals surface area contributed by atoms with Gasteiger partial charge in [-0.05, 0) is 40.8 Å². The zero-order valence-corrected chi connectivity index (χ0v) is 21.1. The summed E-state index contributed by atoms with van der Waals surface area (Å²) in [5, 5.41) is 31.9. The van der Waals surface area contributed by atoms with Crippen LogP contribution < -0.4 is 4.90 Å². The van der Waals surface area contributed by atoms with Gasteiger partial charge in [0.2, 0.25) is 10.9 Å². The Bertz CT molecular complexity index is 1540. The summed E-state index contributed by atoms with van der Waals surface area (Å²) in [6, 6.07) is 13.9. The number of nitro groups is 1. The number of carbonyl (C=O) groups excluding carboxylic acids is 2. The van der Waals surface area contributed by atoms with Crippen molar-refractivity contribution >= 4 is 56.9 Å². The van der Waals surface area contributed by atoms with Crippen molar-refractivity contribution in [3.05, 3.63) is 109 Å². The molecule has 0 radical (unpaired) electrons. The van der Waals surface area contributed by atoms with Crippen LogP contribution in [0.4, 0.5) is 15.2 Å². The number of Topliss-reactive ketones (excluding diaryl/α,β-unsaturated/α-hetero) is 1. The standard InChI is InChI=1S/C24H15FN4O5S3/c25-16-5-2-1-4-14(16)12-36-24-27-26-23(37-24)28-19(13-7-9-15(10-8-13)29(33)34)18(21(31)22(28)32)20(30)17-6-3-11-35-17/h1-11,19,31H,12H2. The van der Waals surface area contributed by atoms with Gasteiger partial charge in [0.1, 0.15) is 5.82 Å². The predicted molar refractivity (Wildman–Crippen MR) is 137 cm³/mol. The number of carbonyl (C=O) groups is 2. The Hall–Kier alpha value is -3.94. The number of aromatic nitrogens is 2. The molecule has 1 unspecified atom stereocenters. The Labute approximate surface area is 221 Å². The average molecular weight is 555 g/mol. The van der Waals surface area contributed by atoms with Gasteiger partial charge in [-0.3, -0.25) is 24.6 Å². The molecule has 1 N–H and O–H groups in total. The van der Waals surface area contributed by atoms with Gasteiger partial charge in [0.05, 0.1) is 21.4 Å². The van der Waals surface area contributed by atoms with Crippen LogP contribution in [0.15, 0.2) is 81.7 Å². The van der Waals surface area contributed by atoms with Crippen molar-refractivity contribution in [1.82, 2.24) is 10.2 Å². The molecular weight excluding hydrogens is 539 g/mol. The van der Waals surface area contributed by atoms with Crippen molar-refractivity contribution in [2.45, 2.75) is 16.1 Å². The molecule has 4 aromatic rings. The number of aliphatic hydroxyl groups is 1. The normalized spacial score (nSPS) is 15.4. The first-order chi connectivity index (χ1) is 17.8. The third-order valence-electron chi connectivity index (χ3n) is 5.53. The summed E-state index contributed by atoms with van der Waals surface area (Å²) < 4.78 is 14.4. The molecule has 1 aliphatic heterocycles. The molecule has 5 rings (SSSR count). The molecule has 2 aromatic heterocycles. The Morgan fingerprint density at radius 1 is 1.14 bits per heavy atom. The monoisotopic (exact) mass is 554 g/mol. The van der Waals surface area contributed by atoms with Crippen molar-refractivity contribution < 1.29 is 24.0 Å². The first kappa shape index (κ1) is 24.7. The number of aliphatic hydroxyl groups excluding tert-OH is 1. The highest BCUT2D eigenvalue weighted by molar-refractivity contribution is 8.00. The molecule has 1 amide bonds. The van der Waals surface area contributed by atoms with E-state index in [2.05, 4.69) is 10.2 Å². The van der Waals surface area contributed by atoms with Crippen LogP contribution in [0.5, 0.6) is 0 Å². The van der Waals surface area contributed by atoms with E-state index in [9.17, 15) is 29.2 Å². The van der Waals surface area contributed by atoms with Gasteiger partial charge < -0.3 is 5.11 Å². The van der Waals surface area contributed by atoms with E-state index < -0.39 is 28.4 Å². The smallest absolute Gasteiger partial charge is 0.296 e. The van der Waals surface area contributed by atoms with Crippen molar-refractivity contribution in [3.63, 3.8) is 0 Å². The van der Waals surface area contributed by atoms with Crippen LogP contribution in [0.3, 0.4) is 0 Å². The summed E-state index contributed by atoms with van der Waals surface area (Å²) in [6.45, 7) is 0. The maximum Gasteiger partial charge on any atom is 0.296 e. The van der Waals surface area contributed by atoms with Crippen LogP contribution in [0.1, 0.15) is 26.8 Å². The van der Waals surface area contributed by atoms with Crippen LogP contribution >= 0.6 is 34.4 Å². The molecule has 3 heterocycles. The third-order valence-corrected chi connectivity index (χ3v) is 8.50. The van der Waals surface area contributed by atoms with E-state index in [1.54, 1.807) is 35.7 Å². The second-order valence-corrected chi connectivity index (χ2v) is 10.9. The fourth-order valence-electron chi connectivity index (χ4n) is 3.78. The Morgan fingerprint density at radius 2 is 1.89 bits per heavy atom. The van der Waals surface area contributed by atoms with Gasteiger partial charge in [0.15, 0.2) is 10.1 Å². The highest BCUT2D eigenvalue weighted by atomic mass is 32.2. The van der Waals surface area contributed by atoms with Crippen LogP contribution in [0, 0.1) is 15.9 Å². The number of thioether (sulfide) groups is 1. The summed E-state index contributed by atoms with van der Waals surface area (Å²) in [7, 11) is 0. The van der Waals surface area contributed by atoms with Crippen molar-refractivity contribution in [1.29, 1.82) is 0 Å². The van der Waals surface area contributed by atoms with E-state index in [1.165, 1.54) is 42.1 Å². The molecule has 13 heteroatoms. The Balaban J connectivity index is 1.50. The fourth-order valence-corrected chi connectivity index (χ4v) is 6.31. The topological polar surface area (TPSA) is 127 Å². The van der Waals surface area contributed by atoms with Gasteiger partial charge in [0, 0.05) is 17.9 Å². The molecule has 0 saturated heterocycles. The molecule has 1 aliphatic rings. The molecule has 0 spiro atoms. The minimum absolute atomic E-state index is 0.116. The van der Waals surface area contributed by atoms with Crippen LogP contribution in [0.25, 0.3) is 0 Å².